The molecule has 2 aliphatic heterocycles. The average Bonchev–Trinajstić information content (AvgIpc) is 2.55. The van der Waals surface area contributed by atoms with Gasteiger partial charge in [0.2, 0.25) is 5.91 Å². The van der Waals surface area contributed by atoms with Crippen molar-refractivity contribution in [3.63, 3.8) is 0 Å². The fourth-order valence-corrected chi connectivity index (χ4v) is 4.86. The third-order valence-corrected chi connectivity index (χ3v) is 6.73. The summed E-state index contributed by atoms with van der Waals surface area (Å²) in [6.07, 6.45) is 5.39. The number of hydrogen-bond acceptors (Lipinski definition) is 3. The van der Waals surface area contributed by atoms with Gasteiger partial charge in [0.15, 0.2) is 0 Å². The molecular formula is C15H29N3O3S. The topological polar surface area (TPSA) is 69.7 Å². The van der Waals surface area contributed by atoms with Gasteiger partial charge in [0.05, 0.1) is 5.92 Å². The molecule has 2 saturated heterocycles. The number of carbonyl (C=O) groups excluding carboxylic acids is 1. The van der Waals surface area contributed by atoms with Crippen LogP contribution in [0.3, 0.4) is 0 Å². The smallest absolute Gasteiger partial charge is 0.281 e. The van der Waals surface area contributed by atoms with Gasteiger partial charge in [0.25, 0.3) is 10.2 Å². The predicted octanol–water partition coefficient (Wildman–Crippen LogP) is 1.34. The van der Waals surface area contributed by atoms with E-state index in [0.717, 1.165) is 38.5 Å². The monoisotopic (exact) mass is 331 g/mol. The van der Waals surface area contributed by atoms with Crippen LogP contribution in [-0.4, -0.2) is 55.2 Å². The van der Waals surface area contributed by atoms with E-state index in [-0.39, 0.29) is 17.9 Å². The van der Waals surface area contributed by atoms with Crippen molar-refractivity contribution in [1.29, 1.82) is 0 Å². The lowest BCUT2D eigenvalue weighted by atomic mass is 9.98. The number of nitrogens with zero attached hydrogens (tertiary/aromatic N) is 2. The molecule has 2 fully saturated rings. The van der Waals surface area contributed by atoms with Gasteiger partial charge >= 0.3 is 0 Å². The van der Waals surface area contributed by atoms with E-state index in [0.29, 0.717) is 26.2 Å². The molecule has 0 saturated carbocycles. The number of piperidine rings is 2. The number of carbonyl (C=O) groups is 1. The van der Waals surface area contributed by atoms with E-state index in [1.165, 1.54) is 4.31 Å². The first-order valence-corrected chi connectivity index (χ1v) is 9.90. The molecule has 2 atom stereocenters. The van der Waals surface area contributed by atoms with Crippen LogP contribution in [0.2, 0.25) is 0 Å². The maximum absolute atomic E-state index is 12.7. The third kappa shape index (κ3) is 4.20. The van der Waals surface area contributed by atoms with Crippen LogP contribution in [0.1, 0.15) is 52.4 Å². The standard InChI is InChI=1S/C15H29N3O3S/c1-3-13(2)16-15(19)14-8-7-11-18(12-14)22(20,21)17-9-5-4-6-10-17/h13-14H,3-12H2,1-2H3,(H,16,19). The Morgan fingerprint density at radius 1 is 1.14 bits per heavy atom. The summed E-state index contributed by atoms with van der Waals surface area (Å²) < 4.78 is 28.5. The molecule has 2 aliphatic rings. The summed E-state index contributed by atoms with van der Waals surface area (Å²) in [6, 6.07) is 0.140. The largest absolute Gasteiger partial charge is 0.353 e. The summed E-state index contributed by atoms with van der Waals surface area (Å²) in [4.78, 5) is 12.3. The number of rotatable bonds is 5. The molecule has 0 aromatic heterocycles. The van der Waals surface area contributed by atoms with Crippen LogP contribution in [0.15, 0.2) is 0 Å². The minimum absolute atomic E-state index is 0.00658. The van der Waals surface area contributed by atoms with Crippen LogP contribution < -0.4 is 5.32 Å². The van der Waals surface area contributed by atoms with Crippen molar-refractivity contribution >= 4 is 16.1 Å². The first kappa shape index (κ1) is 17.7. The van der Waals surface area contributed by atoms with Crippen LogP contribution in [0.5, 0.6) is 0 Å². The lowest BCUT2D eigenvalue weighted by Gasteiger charge is -2.36. The molecular weight excluding hydrogens is 302 g/mol. The highest BCUT2D eigenvalue weighted by molar-refractivity contribution is 7.86. The summed E-state index contributed by atoms with van der Waals surface area (Å²) in [5.74, 6) is -0.227. The lowest BCUT2D eigenvalue weighted by molar-refractivity contribution is -0.126. The molecule has 2 rings (SSSR count). The van der Waals surface area contributed by atoms with E-state index in [2.05, 4.69) is 5.32 Å². The Morgan fingerprint density at radius 3 is 2.41 bits per heavy atom. The lowest BCUT2D eigenvalue weighted by Crippen LogP contribution is -2.52. The van der Waals surface area contributed by atoms with E-state index in [1.54, 1.807) is 4.31 Å². The zero-order valence-electron chi connectivity index (χ0n) is 13.8. The van der Waals surface area contributed by atoms with Gasteiger partial charge in [-0.2, -0.15) is 17.0 Å². The molecule has 2 heterocycles. The zero-order chi connectivity index (χ0) is 16.2. The van der Waals surface area contributed by atoms with Gasteiger partial charge in [-0.05, 0) is 39.0 Å². The van der Waals surface area contributed by atoms with Crippen molar-refractivity contribution in [2.24, 2.45) is 5.92 Å². The van der Waals surface area contributed by atoms with Gasteiger partial charge in [-0.1, -0.05) is 13.3 Å². The molecule has 0 radical (unpaired) electrons. The summed E-state index contributed by atoms with van der Waals surface area (Å²) in [5.41, 5.74) is 0. The highest BCUT2D eigenvalue weighted by atomic mass is 32.2. The zero-order valence-corrected chi connectivity index (χ0v) is 14.6. The quantitative estimate of drug-likeness (QED) is 0.826. The Hall–Kier alpha value is -0.660. The minimum Gasteiger partial charge on any atom is -0.353 e. The van der Waals surface area contributed by atoms with Crippen molar-refractivity contribution < 1.29 is 13.2 Å². The second kappa shape index (κ2) is 7.75. The molecule has 22 heavy (non-hydrogen) atoms. The van der Waals surface area contributed by atoms with Crippen molar-refractivity contribution in [3.8, 4) is 0 Å². The Kier molecular flexibility index (Phi) is 6.23. The first-order chi connectivity index (χ1) is 10.4. The maximum Gasteiger partial charge on any atom is 0.281 e. The highest BCUT2D eigenvalue weighted by Crippen LogP contribution is 2.23. The van der Waals surface area contributed by atoms with Crippen LogP contribution >= 0.6 is 0 Å². The maximum atomic E-state index is 12.7. The van der Waals surface area contributed by atoms with Crippen molar-refractivity contribution in [3.05, 3.63) is 0 Å². The van der Waals surface area contributed by atoms with Crippen LogP contribution in [0.25, 0.3) is 0 Å². The number of amides is 1. The molecule has 7 heteroatoms. The van der Waals surface area contributed by atoms with E-state index >= 15 is 0 Å². The van der Waals surface area contributed by atoms with Gasteiger partial charge in [-0.25, -0.2) is 0 Å². The summed E-state index contributed by atoms with van der Waals surface area (Å²) >= 11 is 0. The van der Waals surface area contributed by atoms with E-state index < -0.39 is 10.2 Å². The number of nitrogens with one attached hydrogen (secondary N) is 1. The molecule has 0 bridgehead atoms. The normalized spacial score (nSPS) is 26.5. The Morgan fingerprint density at radius 2 is 1.77 bits per heavy atom. The second-order valence-corrected chi connectivity index (χ2v) is 8.41. The molecule has 0 spiro atoms. The molecule has 0 aromatic carbocycles. The fraction of sp³-hybridized carbons (Fsp3) is 0.933. The SMILES string of the molecule is CCC(C)NC(=O)C1CCCN(S(=O)(=O)N2CCCCC2)C1. The molecule has 128 valence electrons. The molecule has 0 aliphatic carbocycles. The summed E-state index contributed by atoms with van der Waals surface area (Å²) in [7, 11) is -3.40. The van der Waals surface area contributed by atoms with Gasteiger partial charge in [0.1, 0.15) is 0 Å². The van der Waals surface area contributed by atoms with Crippen LogP contribution in [-0.2, 0) is 15.0 Å². The highest BCUT2D eigenvalue weighted by Gasteiger charge is 2.36. The van der Waals surface area contributed by atoms with Crippen LogP contribution in [0.4, 0.5) is 0 Å². The van der Waals surface area contributed by atoms with Gasteiger partial charge < -0.3 is 5.32 Å². The fourth-order valence-electron chi connectivity index (χ4n) is 3.09. The Bertz CT molecular complexity index is 474. The summed E-state index contributed by atoms with van der Waals surface area (Å²) in [5, 5.41) is 2.98. The molecule has 0 aromatic rings. The predicted molar refractivity (Wildman–Crippen MR) is 86.5 cm³/mol. The van der Waals surface area contributed by atoms with Gasteiger partial charge in [0, 0.05) is 32.2 Å². The first-order valence-electron chi connectivity index (χ1n) is 8.50. The Labute approximate surface area is 134 Å². The van der Waals surface area contributed by atoms with Gasteiger partial charge in [-0.3, -0.25) is 4.79 Å². The third-order valence-electron chi connectivity index (χ3n) is 4.72. The second-order valence-electron chi connectivity index (χ2n) is 6.48. The molecule has 2 unspecified atom stereocenters. The summed E-state index contributed by atoms with van der Waals surface area (Å²) in [6.45, 7) is 6.08. The van der Waals surface area contributed by atoms with Crippen molar-refractivity contribution in [1.82, 2.24) is 13.9 Å². The van der Waals surface area contributed by atoms with E-state index in [9.17, 15) is 13.2 Å². The van der Waals surface area contributed by atoms with Crippen molar-refractivity contribution in [2.75, 3.05) is 26.2 Å². The van der Waals surface area contributed by atoms with E-state index in [4.69, 9.17) is 0 Å². The number of hydrogen-bond donors (Lipinski definition) is 1. The van der Waals surface area contributed by atoms with Gasteiger partial charge in [-0.15, -0.1) is 0 Å². The molecule has 1 N–H and O–H groups in total. The molecule has 6 nitrogen and oxygen atoms in total. The van der Waals surface area contributed by atoms with E-state index in [1.807, 2.05) is 13.8 Å². The van der Waals surface area contributed by atoms with Crippen molar-refractivity contribution in [2.45, 2.75) is 58.4 Å². The average molecular weight is 331 g/mol. The minimum atomic E-state index is -3.40. The Balaban J connectivity index is 1.98. The molecule has 1 amide bonds. The van der Waals surface area contributed by atoms with Crippen LogP contribution in [0, 0.1) is 5.92 Å².